The number of ether oxygens (including phenoxy) is 1. The molecule has 0 radical (unpaired) electrons. The Labute approximate surface area is 235 Å². The van der Waals surface area contributed by atoms with Crippen LogP contribution in [0.2, 0.25) is 0 Å². The molecule has 6 rings (SSSR count). The van der Waals surface area contributed by atoms with E-state index in [0.29, 0.717) is 6.04 Å². The topological polar surface area (TPSA) is 64.3 Å². The molecule has 0 bridgehead atoms. The second-order valence-electron chi connectivity index (χ2n) is 10.9. The molecule has 0 atom stereocenters. The molecular weight excluding hydrogens is 496 g/mol. The van der Waals surface area contributed by atoms with Gasteiger partial charge in [0.2, 0.25) is 0 Å². The van der Waals surface area contributed by atoms with Gasteiger partial charge in [0.05, 0.1) is 16.6 Å². The molecule has 0 spiro atoms. The third-order valence-corrected chi connectivity index (χ3v) is 8.00. The molecule has 4 aromatic carbocycles. The van der Waals surface area contributed by atoms with Crippen molar-refractivity contribution in [3.63, 3.8) is 0 Å². The largest absolute Gasteiger partial charge is 0.481 e. The van der Waals surface area contributed by atoms with Gasteiger partial charge in [0, 0.05) is 11.6 Å². The molecule has 0 aliphatic heterocycles. The predicted octanol–water partition coefficient (Wildman–Crippen LogP) is 8.69. The van der Waals surface area contributed by atoms with Crippen LogP contribution >= 0.6 is 0 Å². The number of benzene rings is 4. The molecule has 202 valence electrons. The Balaban J connectivity index is 1.36. The predicted molar refractivity (Wildman–Crippen MR) is 159 cm³/mol. The molecule has 5 aromatic rings. The Bertz CT molecular complexity index is 1580. The van der Waals surface area contributed by atoms with Crippen LogP contribution in [0.3, 0.4) is 0 Å². The van der Waals surface area contributed by atoms with Crippen LogP contribution in [-0.4, -0.2) is 20.6 Å². The first-order valence-electron chi connectivity index (χ1n) is 14.1. The van der Waals surface area contributed by atoms with Gasteiger partial charge in [-0.1, -0.05) is 78.9 Å². The van der Waals surface area contributed by atoms with E-state index in [1.54, 1.807) is 12.1 Å². The number of aromatic carboxylic acids is 1. The summed E-state index contributed by atoms with van der Waals surface area (Å²) in [4.78, 5) is 16.6. The molecule has 5 nitrogen and oxygen atoms in total. The van der Waals surface area contributed by atoms with E-state index >= 15 is 0 Å². The van der Waals surface area contributed by atoms with E-state index in [0.717, 1.165) is 52.1 Å². The Morgan fingerprint density at radius 3 is 2.00 bits per heavy atom. The lowest BCUT2D eigenvalue weighted by molar-refractivity contribution is 0.0697. The number of aromatic nitrogens is 2. The van der Waals surface area contributed by atoms with E-state index in [1.807, 2.05) is 18.2 Å². The fourth-order valence-corrected chi connectivity index (χ4v) is 5.77. The van der Waals surface area contributed by atoms with E-state index in [1.165, 1.54) is 30.4 Å². The maximum absolute atomic E-state index is 11.6. The lowest BCUT2D eigenvalue weighted by Crippen LogP contribution is -2.14. The summed E-state index contributed by atoms with van der Waals surface area (Å²) in [5.74, 6) is 0.724. The molecule has 1 N–H and O–H groups in total. The lowest BCUT2D eigenvalue weighted by Gasteiger charge is -2.26. The van der Waals surface area contributed by atoms with E-state index in [2.05, 4.69) is 79.1 Å². The number of hydrogen-bond donors (Lipinski definition) is 1. The third-order valence-electron chi connectivity index (χ3n) is 8.00. The zero-order valence-electron chi connectivity index (χ0n) is 23.0. The minimum absolute atomic E-state index is 0.228. The number of carboxylic acids is 1. The summed E-state index contributed by atoms with van der Waals surface area (Å²) in [6.45, 7) is 4.18. The van der Waals surface area contributed by atoms with Gasteiger partial charge in [-0.2, -0.15) is 0 Å². The summed E-state index contributed by atoms with van der Waals surface area (Å²) in [5.41, 5.74) is 7.60. The Kier molecular flexibility index (Phi) is 7.12. The molecule has 1 heterocycles. The molecule has 1 aliphatic rings. The van der Waals surface area contributed by atoms with Crippen molar-refractivity contribution in [3.8, 4) is 17.1 Å². The standard InChI is InChI=1S/C35H34N2O3/c1-23-8-12-25(13-9-23)33(26-14-10-24(2)11-15-26)40-30-19-16-27(17-20-30)34-36-31-22-28(35(38)39)18-21-32(31)37(34)29-6-4-3-5-7-29/h8-22,29,33H,3-7H2,1-2H3,(H,38,39). The van der Waals surface area contributed by atoms with Gasteiger partial charge in [0.1, 0.15) is 17.7 Å². The first-order chi connectivity index (χ1) is 19.5. The van der Waals surface area contributed by atoms with Crippen LogP contribution in [-0.2, 0) is 0 Å². The summed E-state index contributed by atoms with van der Waals surface area (Å²) >= 11 is 0. The van der Waals surface area contributed by atoms with Crippen molar-refractivity contribution in [3.05, 3.63) is 119 Å². The molecule has 0 amide bonds. The van der Waals surface area contributed by atoms with Crippen molar-refractivity contribution in [2.45, 2.75) is 58.1 Å². The number of aryl methyl sites for hydroxylation is 2. The fraction of sp³-hybridized carbons (Fsp3) is 0.257. The third kappa shape index (κ3) is 5.24. The lowest BCUT2D eigenvalue weighted by atomic mass is 9.95. The fourth-order valence-electron chi connectivity index (χ4n) is 5.77. The van der Waals surface area contributed by atoms with Gasteiger partial charge in [-0.05, 0) is 80.3 Å². The number of carboxylic acid groups (broad SMARTS) is 1. The van der Waals surface area contributed by atoms with Crippen LogP contribution in [0.1, 0.15) is 76.9 Å². The SMILES string of the molecule is Cc1ccc(C(Oc2ccc(-c3nc4cc(C(=O)O)ccc4n3C3CCCCC3)cc2)c2ccc(C)cc2)cc1. The van der Waals surface area contributed by atoms with Crippen LogP contribution < -0.4 is 4.74 Å². The Morgan fingerprint density at radius 1 is 0.825 bits per heavy atom. The average Bonchev–Trinajstić information content (AvgIpc) is 3.37. The first kappa shape index (κ1) is 25.9. The van der Waals surface area contributed by atoms with Gasteiger partial charge >= 0.3 is 5.97 Å². The second-order valence-corrected chi connectivity index (χ2v) is 10.9. The monoisotopic (exact) mass is 530 g/mol. The number of imidazole rings is 1. The van der Waals surface area contributed by atoms with Crippen molar-refractivity contribution >= 4 is 17.0 Å². The van der Waals surface area contributed by atoms with E-state index in [4.69, 9.17) is 9.72 Å². The molecular formula is C35H34N2O3. The number of carbonyl (C=O) groups is 1. The summed E-state index contributed by atoms with van der Waals surface area (Å²) in [6.07, 6.45) is 5.64. The van der Waals surface area contributed by atoms with Crippen molar-refractivity contribution < 1.29 is 14.6 Å². The molecule has 1 aliphatic carbocycles. The Hall–Kier alpha value is -4.38. The summed E-state index contributed by atoms with van der Waals surface area (Å²) < 4.78 is 8.94. The van der Waals surface area contributed by atoms with E-state index in [-0.39, 0.29) is 11.7 Å². The van der Waals surface area contributed by atoms with Crippen LogP contribution in [0.4, 0.5) is 0 Å². The van der Waals surface area contributed by atoms with Crippen LogP contribution in [0.15, 0.2) is 91.0 Å². The van der Waals surface area contributed by atoms with Crippen molar-refractivity contribution in [2.75, 3.05) is 0 Å². The molecule has 0 saturated heterocycles. The Morgan fingerprint density at radius 2 is 1.43 bits per heavy atom. The van der Waals surface area contributed by atoms with Crippen molar-refractivity contribution in [1.82, 2.24) is 9.55 Å². The van der Waals surface area contributed by atoms with Crippen LogP contribution in [0.25, 0.3) is 22.4 Å². The van der Waals surface area contributed by atoms with Crippen molar-refractivity contribution in [1.29, 1.82) is 0 Å². The second kappa shape index (κ2) is 11.0. The number of nitrogens with zero attached hydrogens (tertiary/aromatic N) is 2. The van der Waals surface area contributed by atoms with Crippen LogP contribution in [0.5, 0.6) is 5.75 Å². The molecule has 1 aromatic heterocycles. The molecule has 1 fully saturated rings. The highest BCUT2D eigenvalue weighted by molar-refractivity contribution is 5.93. The van der Waals surface area contributed by atoms with Crippen LogP contribution in [0, 0.1) is 13.8 Å². The molecule has 1 saturated carbocycles. The smallest absolute Gasteiger partial charge is 0.335 e. The maximum Gasteiger partial charge on any atom is 0.335 e. The highest BCUT2D eigenvalue weighted by atomic mass is 16.5. The van der Waals surface area contributed by atoms with Crippen molar-refractivity contribution in [2.24, 2.45) is 0 Å². The number of fused-ring (bicyclic) bond motifs is 1. The highest BCUT2D eigenvalue weighted by Crippen LogP contribution is 2.37. The minimum Gasteiger partial charge on any atom is -0.481 e. The first-order valence-corrected chi connectivity index (χ1v) is 14.1. The zero-order valence-corrected chi connectivity index (χ0v) is 23.0. The van der Waals surface area contributed by atoms with Gasteiger partial charge in [-0.15, -0.1) is 0 Å². The summed E-state index contributed by atoms with van der Waals surface area (Å²) in [7, 11) is 0. The number of rotatable bonds is 7. The molecule has 5 heteroatoms. The average molecular weight is 531 g/mol. The highest BCUT2D eigenvalue weighted by Gasteiger charge is 2.23. The quantitative estimate of drug-likeness (QED) is 0.229. The normalized spacial score (nSPS) is 14.1. The molecule has 40 heavy (non-hydrogen) atoms. The minimum atomic E-state index is -0.936. The summed E-state index contributed by atoms with van der Waals surface area (Å²) in [5, 5.41) is 9.53. The maximum atomic E-state index is 11.6. The van der Waals surface area contributed by atoms with Gasteiger partial charge in [0.15, 0.2) is 0 Å². The van der Waals surface area contributed by atoms with E-state index < -0.39 is 5.97 Å². The number of hydrogen-bond acceptors (Lipinski definition) is 3. The van der Waals surface area contributed by atoms with E-state index in [9.17, 15) is 9.90 Å². The van der Waals surface area contributed by atoms with Gasteiger partial charge in [-0.3, -0.25) is 0 Å². The summed E-state index contributed by atoms with van der Waals surface area (Å²) in [6, 6.07) is 30.8. The molecule has 0 unspecified atom stereocenters. The van der Waals surface area contributed by atoms with Gasteiger partial charge in [0.25, 0.3) is 0 Å². The van der Waals surface area contributed by atoms with Gasteiger partial charge in [-0.25, -0.2) is 9.78 Å². The zero-order chi connectivity index (χ0) is 27.6. The van der Waals surface area contributed by atoms with Gasteiger partial charge < -0.3 is 14.4 Å².